The number of benzene rings is 1. The molecule has 6 nitrogen and oxygen atoms in total. The number of ketones is 1. The lowest BCUT2D eigenvalue weighted by Gasteiger charge is -2.10. The van der Waals surface area contributed by atoms with Gasteiger partial charge in [-0.25, -0.2) is 4.79 Å². The molecule has 0 atom stereocenters. The summed E-state index contributed by atoms with van der Waals surface area (Å²) in [5.41, 5.74) is 4.58. The molecule has 0 spiro atoms. The van der Waals surface area contributed by atoms with E-state index in [9.17, 15) is 9.59 Å². The van der Waals surface area contributed by atoms with Gasteiger partial charge in [0.15, 0.2) is 5.78 Å². The molecule has 2 aromatic heterocycles. The number of anilines is 1. The lowest BCUT2D eigenvalue weighted by atomic mass is 10.0. The van der Waals surface area contributed by atoms with Crippen LogP contribution in [-0.4, -0.2) is 28.3 Å². The van der Waals surface area contributed by atoms with Crippen LogP contribution in [0, 0.1) is 6.92 Å². The zero-order valence-corrected chi connectivity index (χ0v) is 14.4. The van der Waals surface area contributed by atoms with Crippen molar-refractivity contribution < 1.29 is 9.59 Å². The second kappa shape index (κ2) is 6.76. The SMILES string of the molecule is CCNC(=O)Nc1cc(-c2cccnc2)cc2c(C(C)=O)c(C)[nH]c12. The average Bonchev–Trinajstić information content (AvgIpc) is 2.92. The maximum atomic E-state index is 12.1. The molecule has 0 unspecified atom stereocenters. The Morgan fingerprint density at radius 1 is 1.24 bits per heavy atom. The van der Waals surface area contributed by atoms with E-state index in [2.05, 4.69) is 20.6 Å². The smallest absolute Gasteiger partial charge is 0.319 e. The van der Waals surface area contributed by atoms with E-state index < -0.39 is 0 Å². The molecule has 128 valence electrons. The van der Waals surface area contributed by atoms with Crippen LogP contribution >= 0.6 is 0 Å². The second-order valence-corrected chi connectivity index (χ2v) is 5.85. The molecule has 0 bridgehead atoms. The zero-order valence-electron chi connectivity index (χ0n) is 14.4. The molecule has 6 heteroatoms. The van der Waals surface area contributed by atoms with Gasteiger partial charge in [0, 0.05) is 41.1 Å². The van der Waals surface area contributed by atoms with E-state index in [-0.39, 0.29) is 11.8 Å². The first kappa shape index (κ1) is 16.7. The van der Waals surface area contributed by atoms with Gasteiger partial charge in [-0.15, -0.1) is 0 Å². The van der Waals surface area contributed by atoms with Crippen molar-refractivity contribution in [2.75, 3.05) is 11.9 Å². The van der Waals surface area contributed by atoms with Crippen LogP contribution in [0.2, 0.25) is 0 Å². The largest absolute Gasteiger partial charge is 0.356 e. The fourth-order valence-electron chi connectivity index (χ4n) is 3.01. The number of aromatic amines is 1. The number of hydrogen-bond acceptors (Lipinski definition) is 3. The Kier molecular flexibility index (Phi) is 4.52. The molecule has 2 heterocycles. The topological polar surface area (TPSA) is 86.9 Å². The van der Waals surface area contributed by atoms with E-state index in [1.807, 2.05) is 38.1 Å². The molecule has 0 aliphatic heterocycles. The second-order valence-electron chi connectivity index (χ2n) is 5.85. The maximum Gasteiger partial charge on any atom is 0.319 e. The summed E-state index contributed by atoms with van der Waals surface area (Å²) in [4.78, 5) is 31.5. The van der Waals surface area contributed by atoms with Crippen LogP contribution in [0.3, 0.4) is 0 Å². The van der Waals surface area contributed by atoms with Crippen molar-refractivity contribution in [1.82, 2.24) is 15.3 Å². The first-order valence-corrected chi connectivity index (χ1v) is 8.13. The molecule has 0 fully saturated rings. The summed E-state index contributed by atoms with van der Waals surface area (Å²) < 4.78 is 0. The highest BCUT2D eigenvalue weighted by Crippen LogP contribution is 2.34. The van der Waals surface area contributed by atoms with Gasteiger partial charge in [0.25, 0.3) is 0 Å². The summed E-state index contributed by atoms with van der Waals surface area (Å²) in [6.07, 6.45) is 3.46. The highest BCUT2D eigenvalue weighted by atomic mass is 16.2. The predicted octanol–water partition coefficient (Wildman–Crippen LogP) is 3.88. The number of aromatic nitrogens is 2. The lowest BCUT2D eigenvalue weighted by molar-refractivity contribution is 0.101. The molecule has 3 aromatic rings. The number of carbonyl (C=O) groups excluding carboxylic acids is 2. The van der Waals surface area contributed by atoms with E-state index in [1.165, 1.54) is 0 Å². The molecule has 2 amide bonds. The molecule has 0 radical (unpaired) electrons. The molecule has 3 rings (SSSR count). The van der Waals surface area contributed by atoms with Crippen LogP contribution in [0.5, 0.6) is 0 Å². The van der Waals surface area contributed by atoms with Gasteiger partial charge in [-0.05, 0) is 44.5 Å². The van der Waals surface area contributed by atoms with Crippen molar-refractivity contribution in [3.63, 3.8) is 0 Å². The predicted molar refractivity (Wildman–Crippen MR) is 99.0 cm³/mol. The Hall–Kier alpha value is -3.15. The van der Waals surface area contributed by atoms with Gasteiger partial charge in [-0.1, -0.05) is 6.07 Å². The van der Waals surface area contributed by atoms with Gasteiger partial charge in [-0.2, -0.15) is 0 Å². The fraction of sp³-hybridized carbons (Fsp3) is 0.211. The normalized spacial score (nSPS) is 10.7. The number of nitrogens with one attached hydrogen (secondary N) is 3. The highest BCUT2D eigenvalue weighted by Gasteiger charge is 2.17. The van der Waals surface area contributed by atoms with Crippen LogP contribution in [-0.2, 0) is 0 Å². The number of nitrogens with zero attached hydrogens (tertiary/aromatic N) is 1. The van der Waals surface area contributed by atoms with Crippen molar-refractivity contribution in [2.45, 2.75) is 20.8 Å². The van der Waals surface area contributed by atoms with Crippen molar-refractivity contribution >= 4 is 28.4 Å². The number of rotatable bonds is 4. The van der Waals surface area contributed by atoms with Crippen molar-refractivity contribution in [2.24, 2.45) is 0 Å². The van der Waals surface area contributed by atoms with E-state index in [0.29, 0.717) is 17.8 Å². The van der Waals surface area contributed by atoms with Crippen LogP contribution < -0.4 is 10.6 Å². The van der Waals surface area contributed by atoms with Crippen LogP contribution in [0.4, 0.5) is 10.5 Å². The van der Waals surface area contributed by atoms with Gasteiger partial charge in [0.1, 0.15) is 0 Å². The first-order valence-electron chi connectivity index (χ1n) is 8.13. The molecule has 0 aliphatic rings. The van der Waals surface area contributed by atoms with Crippen LogP contribution in [0.15, 0.2) is 36.7 Å². The van der Waals surface area contributed by atoms with Crippen molar-refractivity contribution in [3.8, 4) is 11.1 Å². The molecule has 0 saturated heterocycles. The Morgan fingerprint density at radius 3 is 2.68 bits per heavy atom. The van der Waals surface area contributed by atoms with Gasteiger partial charge >= 0.3 is 6.03 Å². The van der Waals surface area contributed by atoms with Gasteiger partial charge in [0.05, 0.1) is 11.2 Å². The Labute approximate surface area is 145 Å². The third-order valence-corrected chi connectivity index (χ3v) is 4.03. The summed E-state index contributed by atoms with van der Waals surface area (Å²) in [6.45, 7) is 5.78. The van der Waals surface area contributed by atoms with Crippen molar-refractivity contribution in [3.05, 3.63) is 47.9 Å². The minimum Gasteiger partial charge on any atom is -0.356 e. The molecule has 0 saturated carbocycles. The van der Waals surface area contributed by atoms with Crippen LogP contribution in [0.1, 0.15) is 29.9 Å². The Bertz CT molecular complexity index is 945. The molecule has 25 heavy (non-hydrogen) atoms. The number of Topliss-reactive ketones (excluding diaryl/α,β-unsaturated/α-hetero) is 1. The Balaban J connectivity index is 2.23. The van der Waals surface area contributed by atoms with Gasteiger partial charge in [0.2, 0.25) is 0 Å². The summed E-state index contributed by atoms with van der Waals surface area (Å²) in [7, 11) is 0. The molecular weight excluding hydrogens is 316 g/mol. The Morgan fingerprint density at radius 2 is 2.04 bits per heavy atom. The molecule has 3 N–H and O–H groups in total. The van der Waals surface area contributed by atoms with Gasteiger partial charge < -0.3 is 15.6 Å². The summed E-state index contributed by atoms with van der Waals surface area (Å²) in [6, 6.07) is 7.34. The maximum absolute atomic E-state index is 12.1. The standard InChI is InChI=1S/C19H20N4O2/c1-4-21-19(25)23-16-9-14(13-6-5-7-20-10-13)8-15-17(12(3)24)11(2)22-18(15)16/h5-10,22H,4H2,1-3H3,(H2,21,23,25). The minimum atomic E-state index is -0.288. The van der Waals surface area contributed by atoms with E-state index in [0.717, 1.165) is 27.7 Å². The number of urea groups is 1. The van der Waals surface area contributed by atoms with E-state index in [4.69, 9.17) is 0 Å². The molecule has 1 aromatic carbocycles. The first-order chi connectivity index (χ1) is 12.0. The monoisotopic (exact) mass is 336 g/mol. The number of H-pyrrole nitrogens is 1. The number of hydrogen-bond donors (Lipinski definition) is 3. The van der Waals surface area contributed by atoms with Gasteiger partial charge in [-0.3, -0.25) is 9.78 Å². The molecular formula is C19H20N4O2. The summed E-state index contributed by atoms with van der Waals surface area (Å²) >= 11 is 0. The lowest BCUT2D eigenvalue weighted by Crippen LogP contribution is -2.28. The fourth-order valence-corrected chi connectivity index (χ4v) is 3.01. The highest BCUT2D eigenvalue weighted by molar-refractivity contribution is 6.13. The van der Waals surface area contributed by atoms with E-state index in [1.54, 1.807) is 19.3 Å². The van der Waals surface area contributed by atoms with Crippen LogP contribution in [0.25, 0.3) is 22.0 Å². The zero-order chi connectivity index (χ0) is 18.0. The van der Waals surface area contributed by atoms with E-state index >= 15 is 0 Å². The number of fused-ring (bicyclic) bond motifs is 1. The summed E-state index contributed by atoms with van der Waals surface area (Å²) in [5, 5.41) is 6.37. The summed E-state index contributed by atoms with van der Waals surface area (Å²) in [5.74, 6) is -0.0175. The van der Waals surface area contributed by atoms with Crippen molar-refractivity contribution in [1.29, 1.82) is 0 Å². The number of aryl methyl sites for hydroxylation is 1. The number of amides is 2. The number of carbonyl (C=O) groups is 2. The third kappa shape index (κ3) is 3.24. The number of pyridine rings is 1. The quantitative estimate of drug-likeness (QED) is 0.632. The molecule has 0 aliphatic carbocycles. The average molecular weight is 336 g/mol. The minimum absolute atomic E-state index is 0.0175. The third-order valence-electron chi connectivity index (χ3n) is 4.03.